The van der Waals surface area contributed by atoms with Crippen LogP contribution in [0.4, 0.5) is 0 Å². The number of rotatable bonds is 3. The smallest absolute Gasteiger partial charge is 0.150 e. The van der Waals surface area contributed by atoms with Crippen molar-refractivity contribution >= 4 is 13.9 Å². The Balaban J connectivity index is 2.90. The van der Waals surface area contributed by atoms with Crippen LogP contribution in [0.2, 0.25) is 0 Å². The van der Waals surface area contributed by atoms with Gasteiger partial charge in [0, 0.05) is 11.7 Å². The Bertz CT molecular complexity index is 355. The lowest BCUT2D eigenvalue weighted by Crippen LogP contribution is -2.15. The van der Waals surface area contributed by atoms with Gasteiger partial charge >= 0.3 is 0 Å². The van der Waals surface area contributed by atoms with Crippen molar-refractivity contribution in [2.45, 2.75) is 6.16 Å². The molecule has 0 fully saturated rings. The highest BCUT2D eigenvalue weighted by Gasteiger charge is 1.97. The van der Waals surface area contributed by atoms with E-state index in [-0.39, 0.29) is 0 Å². The molecule has 0 amide bonds. The average Bonchev–Trinajstić information content (AvgIpc) is 2.01. The molecule has 0 radical (unpaired) electrons. The van der Waals surface area contributed by atoms with Crippen LogP contribution in [-0.4, -0.2) is 6.29 Å². The fraction of sp³-hybridized carbons (Fsp3) is 0.125. The summed E-state index contributed by atoms with van der Waals surface area (Å²) in [5.74, 6) is 0. The molecule has 70 valence electrons. The first-order valence-electron chi connectivity index (χ1n) is 3.56. The summed E-state index contributed by atoms with van der Waals surface area (Å²) >= 11 is 0. The number of aldehydes is 1. The highest BCUT2D eigenvalue weighted by atomic mass is 31.2. The van der Waals surface area contributed by atoms with E-state index in [1.165, 1.54) is 24.3 Å². The van der Waals surface area contributed by atoms with Gasteiger partial charge in [0.1, 0.15) is 6.29 Å². The first-order valence-corrected chi connectivity index (χ1v) is 5.29. The monoisotopic (exact) mass is 198 g/mol. The van der Waals surface area contributed by atoms with Crippen molar-refractivity contribution in [2.24, 2.45) is 0 Å². The van der Waals surface area contributed by atoms with Gasteiger partial charge in [-0.25, -0.2) is 0 Å². The van der Waals surface area contributed by atoms with Crippen molar-refractivity contribution in [3.8, 4) is 0 Å². The summed E-state index contributed by atoms with van der Waals surface area (Å²) < 4.78 is 10.4. The molecule has 1 aromatic carbocycles. The lowest BCUT2D eigenvalue weighted by atomic mass is 10.2. The van der Waals surface area contributed by atoms with Crippen LogP contribution >= 0.6 is 7.60 Å². The van der Waals surface area contributed by atoms with Crippen molar-refractivity contribution in [3.05, 3.63) is 35.4 Å². The molecule has 0 bridgehead atoms. The van der Waals surface area contributed by atoms with E-state index in [9.17, 15) is 19.1 Å². The molecule has 0 aliphatic carbocycles. The summed E-state index contributed by atoms with van der Waals surface area (Å²) in [5.41, 5.74) is 0.712. The van der Waals surface area contributed by atoms with Gasteiger partial charge in [-0.15, -0.1) is 0 Å². The predicted octanol–water partition coefficient (Wildman–Crippen LogP) is -0.0872. The predicted molar refractivity (Wildman–Crippen MR) is 43.1 cm³/mol. The fourth-order valence-corrected chi connectivity index (χ4v) is 1.63. The molecule has 0 unspecified atom stereocenters. The fourth-order valence-electron chi connectivity index (χ4n) is 0.988. The molecular formula is C8H7O4P-2. The molecule has 0 N–H and O–H groups in total. The summed E-state index contributed by atoms with van der Waals surface area (Å²) in [6.07, 6.45) is 0.0543. The molecule has 0 spiro atoms. The van der Waals surface area contributed by atoms with Crippen molar-refractivity contribution in [1.29, 1.82) is 0 Å². The second kappa shape index (κ2) is 3.83. The minimum absolute atomic E-state index is 0.345. The molecule has 0 aliphatic rings. The van der Waals surface area contributed by atoms with E-state index < -0.39 is 13.8 Å². The molecule has 0 saturated carbocycles. The zero-order valence-electron chi connectivity index (χ0n) is 6.67. The van der Waals surface area contributed by atoms with Gasteiger partial charge in [-0.1, -0.05) is 25.8 Å². The highest BCUT2D eigenvalue weighted by molar-refractivity contribution is 7.47. The third-order valence-corrected chi connectivity index (χ3v) is 2.22. The first-order chi connectivity index (χ1) is 6.01. The Morgan fingerprint density at radius 3 is 2.62 bits per heavy atom. The maximum Gasteiger partial charge on any atom is 0.150 e. The Kier molecular flexibility index (Phi) is 2.98. The Hall–Kier alpha value is -0.960. The summed E-state index contributed by atoms with van der Waals surface area (Å²) in [6, 6.07) is 5.96. The van der Waals surface area contributed by atoms with Gasteiger partial charge in [-0.05, 0) is 11.6 Å². The number of hydrogen-bond donors (Lipinski definition) is 0. The van der Waals surface area contributed by atoms with Crippen molar-refractivity contribution < 1.29 is 19.1 Å². The second-order valence-corrected chi connectivity index (χ2v) is 4.17. The van der Waals surface area contributed by atoms with Crippen LogP contribution in [0.3, 0.4) is 0 Å². The normalized spacial score (nSPS) is 11.2. The van der Waals surface area contributed by atoms with E-state index in [0.29, 0.717) is 17.4 Å². The van der Waals surface area contributed by atoms with Gasteiger partial charge in [0.15, 0.2) is 0 Å². The lowest BCUT2D eigenvalue weighted by Gasteiger charge is -2.29. The van der Waals surface area contributed by atoms with Gasteiger partial charge in [-0.2, -0.15) is 0 Å². The molecular weight excluding hydrogens is 191 g/mol. The van der Waals surface area contributed by atoms with Crippen LogP contribution in [0.15, 0.2) is 24.3 Å². The molecule has 0 atom stereocenters. The van der Waals surface area contributed by atoms with Crippen LogP contribution in [-0.2, 0) is 10.7 Å². The molecule has 13 heavy (non-hydrogen) atoms. The van der Waals surface area contributed by atoms with Crippen molar-refractivity contribution in [3.63, 3.8) is 0 Å². The SMILES string of the molecule is O=Cc1cccc(CP(=O)([O-])[O-])c1. The summed E-state index contributed by atoms with van der Waals surface area (Å²) in [7, 11) is -4.53. The van der Waals surface area contributed by atoms with Gasteiger partial charge in [-0.3, -0.25) is 4.79 Å². The van der Waals surface area contributed by atoms with Crippen LogP contribution in [0, 0.1) is 0 Å². The van der Waals surface area contributed by atoms with Crippen molar-refractivity contribution in [1.82, 2.24) is 0 Å². The van der Waals surface area contributed by atoms with Gasteiger partial charge < -0.3 is 14.4 Å². The topological polar surface area (TPSA) is 80.3 Å². The minimum atomic E-state index is -4.53. The van der Waals surface area contributed by atoms with E-state index in [0.717, 1.165) is 0 Å². The van der Waals surface area contributed by atoms with Crippen LogP contribution in [0.5, 0.6) is 0 Å². The zero-order valence-corrected chi connectivity index (χ0v) is 7.57. The lowest BCUT2D eigenvalue weighted by molar-refractivity contribution is -0.314. The van der Waals surface area contributed by atoms with E-state index in [4.69, 9.17) is 0 Å². The number of benzene rings is 1. The maximum absolute atomic E-state index is 10.4. The molecule has 0 heterocycles. The molecule has 0 aromatic heterocycles. The molecule has 0 saturated heterocycles. The van der Waals surface area contributed by atoms with Crippen molar-refractivity contribution in [2.75, 3.05) is 0 Å². The van der Waals surface area contributed by atoms with Gasteiger partial charge in [0.2, 0.25) is 0 Å². The molecule has 1 aromatic rings. The van der Waals surface area contributed by atoms with Gasteiger partial charge in [0.05, 0.1) is 0 Å². The van der Waals surface area contributed by atoms with E-state index in [2.05, 4.69) is 0 Å². The minimum Gasteiger partial charge on any atom is -0.810 e. The Labute approximate surface area is 75.4 Å². The number of carbonyl (C=O) groups excluding carboxylic acids is 1. The number of carbonyl (C=O) groups is 1. The third kappa shape index (κ3) is 3.51. The maximum atomic E-state index is 10.4. The summed E-state index contributed by atoms with van der Waals surface area (Å²) in [5, 5.41) is 0. The van der Waals surface area contributed by atoms with E-state index in [1.54, 1.807) is 0 Å². The first kappa shape index (κ1) is 10.1. The second-order valence-electron chi connectivity index (χ2n) is 2.63. The quantitative estimate of drug-likeness (QED) is 0.502. The van der Waals surface area contributed by atoms with E-state index >= 15 is 0 Å². The van der Waals surface area contributed by atoms with Crippen LogP contribution < -0.4 is 9.79 Å². The summed E-state index contributed by atoms with van der Waals surface area (Å²) in [4.78, 5) is 31.1. The van der Waals surface area contributed by atoms with Crippen LogP contribution in [0.1, 0.15) is 15.9 Å². The number of hydrogen-bond acceptors (Lipinski definition) is 4. The van der Waals surface area contributed by atoms with Crippen LogP contribution in [0.25, 0.3) is 0 Å². The van der Waals surface area contributed by atoms with E-state index in [1.807, 2.05) is 0 Å². The highest BCUT2D eigenvalue weighted by Crippen LogP contribution is 2.29. The molecule has 1 rings (SSSR count). The molecule has 4 nitrogen and oxygen atoms in total. The Morgan fingerprint density at radius 1 is 1.38 bits per heavy atom. The standard InChI is InChI=1S/C8H9O4P/c9-5-7-2-1-3-8(4-7)6-13(10,11)12/h1-5H,6H2,(H2,10,11,12)/p-2. The average molecular weight is 198 g/mol. The zero-order chi connectivity index (χ0) is 9.90. The Morgan fingerprint density at radius 2 is 2.08 bits per heavy atom. The molecule has 0 aliphatic heterocycles. The van der Waals surface area contributed by atoms with Gasteiger partial charge in [0.25, 0.3) is 0 Å². The largest absolute Gasteiger partial charge is 0.810 e. The molecule has 5 heteroatoms. The summed E-state index contributed by atoms with van der Waals surface area (Å²) in [6.45, 7) is 0. The third-order valence-electron chi connectivity index (χ3n) is 1.46.